The lowest BCUT2D eigenvalue weighted by molar-refractivity contribution is -0.116. The van der Waals surface area contributed by atoms with Crippen molar-refractivity contribution in [3.63, 3.8) is 0 Å². The molecule has 31 heavy (non-hydrogen) atoms. The van der Waals surface area contributed by atoms with Crippen LogP contribution in [0.1, 0.15) is 11.1 Å². The molecule has 0 radical (unpaired) electrons. The maximum atomic E-state index is 13.3. The first-order valence-corrected chi connectivity index (χ1v) is 11.7. The van der Waals surface area contributed by atoms with Crippen LogP contribution in [0.25, 0.3) is 0 Å². The minimum absolute atomic E-state index is 0.0633. The molecule has 0 aromatic heterocycles. The van der Waals surface area contributed by atoms with Crippen LogP contribution < -0.4 is 5.32 Å². The van der Waals surface area contributed by atoms with E-state index < -0.39 is 15.9 Å². The minimum atomic E-state index is -3.90. The molecule has 158 valence electrons. The van der Waals surface area contributed by atoms with Crippen LogP contribution in [0.5, 0.6) is 0 Å². The van der Waals surface area contributed by atoms with Gasteiger partial charge in [-0.15, -0.1) is 0 Å². The topological polar surface area (TPSA) is 90.3 Å². The van der Waals surface area contributed by atoms with Gasteiger partial charge in [0.1, 0.15) is 0 Å². The lowest BCUT2D eigenvalue weighted by Gasteiger charge is -2.22. The molecule has 0 atom stereocenters. The number of sulfonamides is 1. The zero-order valence-corrected chi connectivity index (χ0v) is 18.9. The third-order valence-corrected chi connectivity index (χ3v) is 6.83. The van der Waals surface area contributed by atoms with Crippen LogP contribution in [0.3, 0.4) is 0 Å². The Hall–Kier alpha value is -2.99. The quantitative estimate of drug-likeness (QED) is 0.500. The number of nitrogens with one attached hydrogen (secondary N) is 1. The van der Waals surface area contributed by atoms with Crippen LogP contribution in [0, 0.1) is 11.3 Å². The van der Waals surface area contributed by atoms with Gasteiger partial charge in [-0.3, -0.25) is 4.79 Å². The first-order valence-electron chi connectivity index (χ1n) is 9.44. The number of rotatable bonds is 8. The molecule has 8 heteroatoms. The van der Waals surface area contributed by atoms with Gasteiger partial charge < -0.3 is 5.32 Å². The first-order chi connectivity index (χ1) is 14.9. The van der Waals surface area contributed by atoms with E-state index in [1.807, 2.05) is 30.3 Å². The second-order valence-electron chi connectivity index (χ2n) is 6.79. The molecule has 0 fully saturated rings. The minimum Gasteiger partial charge on any atom is -0.325 e. The number of anilines is 1. The summed E-state index contributed by atoms with van der Waals surface area (Å²) in [6.45, 7) is -0.277. The normalized spacial score (nSPS) is 11.1. The molecule has 0 aliphatic heterocycles. The summed E-state index contributed by atoms with van der Waals surface area (Å²) in [6.07, 6.45) is 0.282. The molecule has 0 aliphatic rings. The van der Waals surface area contributed by atoms with Crippen LogP contribution >= 0.6 is 15.9 Å². The lowest BCUT2D eigenvalue weighted by atomic mass is 10.1. The van der Waals surface area contributed by atoms with Crippen LogP contribution in [-0.4, -0.2) is 25.2 Å². The van der Waals surface area contributed by atoms with Crippen LogP contribution in [0.4, 0.5) is 5.69 Å². The third-order valence-electron chi connectivity index (χ3n) is 4.49. The van der Waals surface area contributed by atoms with Crippen molar-refractivity contribution in [1.82, 2.24) is 4.31 Å². The van der Waals surface area contributed by atoms with Crippen molar-refractivity contribution >= 4 is 37.5 Å². The Bertz CT molecular complexity index is 1170. The number of carbonyl (C=O) groups is 1. The molecule has 0 heterocycles. The summed E-state index contributed by atoms with van der Waals surface area (Å²) in [5.41, 5.74) is 2.15. The van der Waals surface area contributed by atoms with Crippen molar-refractivity contribution in [2.75, 3.05) is 11.9 Å². The monoisotopic (exact) mass is 497 g/mol. The summed E-state index contributed by atoms with van der Waals surface area (Å²) in [5.74, 6) is -0.454. The van der Waals surface area contributed by atoms with Crippen molar-refractivity contribution in [1.29, 1.82) is 5.26 Å². The molecule has 0 unspecified atom stereocenters. The Morgan fingerprint density at radius 2 is 1.58 bits per heavy atom. The Morgan fingerprint density at radius 3 is 2.19 bits per heavy atom. The highest BCUT2D eigenvalue weighted by molar-refractivity contribution is 9.10. The summed E-state index contributed by atoms with van der Waals surface area (Å²) in [4.78, 5) is 12.8. The maximum Gasteiger partial charge on any atom is 0.243 e. The Kier molecular flexibility index (Phi) is 7.58. The van der Waals surface area contributed by atoms with Gasteiger partial charge in [-0.2, -0.15) is 9.57 Å². The molecule has 0 spiro atoms. The van der Waals surface area contributed by atoms with Crippen molar-refractivity contribution in [2.24, 2.45) is 0 Å². The molecule has 6 nitrogen and oxygen atoms in total. The van der Waals surface area contributed by atoms with E-state index in [1.54, 1.807) is 36.4 Å². The second-order valence-corrected chi connectivity index (χ2v) is 9.65. The molecule has 3 aromatic rings. The van der Waals surface area contributed by atoms with Gasteiger partial charge in [-0.25, -0.2) is 8.42 Å². The third kappa shape index (κ3) is 6.25. The number of benzene rings is 3. The fourth-order valence-corrected chi connectivity index (χ4v) is 4.58. The van der Waals surface area contributed by atoms with E-state index in [0.29, 0.717) is 5.69 Å². The van der Waals surface area contributed by atoms with Crippen molar-refractivity contribution in [3.05, 3.63) is 94.5 Å². The van der Waals surface area contributed by atoms with Gasteiger partial charge in [0.25, 0.3) is 0 Å². The van der Waals surface area contributed by atoms with E-state index in [4.69, 9.17) is 5.26 Å². The standard InChI is InChI=1S/C23H20BrN3O3S/c24-20-8-12-22(13-9-20)31(29,30)27(16-19-4-2-1-3-5-19)17-23(28)26-21-10-6-18(7-11-21)14-15-25/h1-13H,14,16-17H2,(H,26,28). The Balaban J connectivity index is 1.81. The first kappa shape index (κ1) is 22.7. The van der Waals surface area contributed by atoms with Crippen molar-refractivity contribution in [3.8, 4) is 6.07 Å². The van der Waals surface area contributed by atoms with Gasteiger partial charge in [-0.05, 0) is 47.5 Å². The number of hydrogen-bond acceptors (Lipinski definition) is 4. The number of halogens is 1. The SMILES string of the molecule is N#CCc1ccc(NC(=O)CN(Cc2ccccc2)S(=O)(=O)c2ccc(Br)cc2)cc1. The summed E-state index contributed by atoms with van der Waals surface area (Å²) in [5, 5.41) is 11.5. The predicted octanol–water partition coefficient (Wildman–Crippen LogP) is 4.34. The molecular weight excluding hydrogens is 478 g/mol. The van der Waals surface area contributed by atoms with Gasteiger partial charge in [0.05, 0.1) is 23.9 Å². The Labute approximate surface area is 190 Å². The number of nitriles is 1. The summed E-state index contributed by atoms with van der Waals surface area (Å²) in [6, 6.07) is 24.4. The number of amides is 1. The number of carbonyl (C=O) groups excluding carboxylic acids is 1. The zero-order chi connectivity index (χ0) is 22.3. The van der Waals surface area contributed by atoms with E-state index in [1.165, 1.54) is 12.1 Å². The predicted molar refractivity (Wildman–Crippen MR) is 123 cm³/mol. The largest absolute Gasteiger partial charge is 0.325 e. The van der Waals surface area contributed by atoms with Crippen LogP contribution in [0.15, 0.2) is 88.2 Å². The second kappa shape index (κ2) is 10.4. The molecule has 3 rings (SSSR count). The molecule has 1 amide bonds. The highest BCUT2D eigenvalue weighted by Crippen LogP contribution is 2.21. The smallest absolute Gasteiger partial charge is 0.243 e. The van der Waals surface area contributed by atoms with E-state index in [0.717, 1.165) is 19.9 Å². The van der Waals surface area contributed by atoms with Gasteiger partial charge in [0.2, 0.25) is 15.9 Å². The van der Waals surface area contributed by atoms with Gasteiger partial charge in [-0.1, -0.05) is 58.4 Å². The average Bonchev–Trinajstić information content (AvgIpc) is 2.76. The van der Waals surface area contributed by atoms with E-state index in [-0.39, 0.29) is 24.4 Å². The molecule has 1 N–H and O–H groups in total. The van der Waals surface area contributed by atoms with Crippen molar-refractivity contribution < 1.29 is 13.2 Å². The fraction of sp³-hybridized carbons (Fsp3) is 0.130. The highest BCUT2D eigenvalue weighted by atomic mass is 79.9. The van der Waals surface area contributed by atoms with Gasteiger partial charge >= 0.3 is 0 Å². The highest BCUT2D eigenvalue weighted by Gasteiger charge is 2.27. The summed E-state index contributed by atoms with van der Waals surface area (Å²) < 4.78 is 28.4. The van der Waals surface area contributed by atoms with Crippen molar-refractivity contribution in [2.45, 2.75) is 17.9 Å². The van der Waals surface area contributed by atoms with Crippen LogP contribution in [0.2, 0.25) is 0 Å². The molecule has 0 bridgehead atoms. The van der Waals surface area contributed by atoms with E-state index in [2.05, 4.69) is 27.3 Å². The average molecular weight is 498 g/mol. The maximum absolute atomic E-state index is 13.3. The molecular formula is C23H20BrN3O3S. The molecule has 0 saturated heterocycles. The van der Waals surface area contributed by atoms with Gasteiger partial charge in [0.15, 0.2) is 0 Å². The van der Waals surface area contributed by atoms with E-state index >= 15 is 0 Å². The molecule has 0 saturated carbocycles. The number of hydrogen-bond donors (Lipinski definition) is 1. The van der Waals surface area contributed by atoms with E-state index in [9.17, 15) is 13.2 Å². The summed E-state index contributed by atoms with van der Waals surface area (Å²) in [7, 11) is -3.90. The zero-order valence-electron chi connectivity index (χ0n) is 16.5. The van der Waals surface area contributed by atoms with Gasteiger partial charge in [0, 0.05) is 16.7 Å². The molecule has 3 aromatic carbocycles. The Morgan fingerprint density at radius 1 is 0.935 bits per heavy atom. The van der Waals surface area contributed by atoms with Crippen LogP contribution in [-0.2, 0) is 27.8 Å². The molecule has 0 aliphatic carbocycles. The lowest BCUT2D eigenvalue weighted by Crippen LogP contribution is -2.37. The summed E-state index contributed by atoms with van der Waals surface area (Å²) >= 11 is 3.30. The fourth-order valence-electron chi connectivity index (χ4n) is 2.93. The number of nitrogens with zero attached hydrogens (tertiary/aromatic N) is 2.